The Morgan fingerprint density at radius 1 is 1.04 bits per heavy atom. The van der Waals surface area contributed by atoms with E-state index in [0.29, 0.717) is 0 Å². The van der Waals surface area contributed by atoms with Gasteiger partial charge in [-0.25, -0.2) is 15.0 Å². The Hall–Kier alpha value is -2.47. The molecule has 6 heteroatoms. The second kappa shape index (κ2) is 5.96. The zero-order valence-electron chi connectivity index (χ0n) is 13.3. The molecule has 1 aliphatic heterocycles. The number of aryl methyl sites for hydroxylation is 1. The number of anilines is 1. The van der Waals surface area contributed by atoms with E-state index in [9.17, 15) is 0 Å². The van der Waals surface area contributed by atoms with E-state index in [-0.39, 0.29) is 0 Å². The van der Waals surface area contributed by atoms with E-state index in [1.54, 1.807) is 12.4 Å². The smallest absolute Gasteiger partial charge is 0.225 e. The number of aromatic nitrogens is 4. The Kier molecular flexibility index (Phi) is 3.67. The third-order valence-electron chi connectivity index (χ3n) is 4.32. The molecule has 0 saturated carbocycles. The molecule has 0 unspecified atom stereocenters. The Labute approximate surface area is 135 Å². The Morgan fingerprint density at radius 3 is 2.57 bits per heavy atom. The minimum absolute atomic E-state index is 0.829. The van der Waals surface area contributed by atoms with Gasteiger partial charge in [-0.05, 0) is 24.6 Å². The summed E-state index contributed by atoms with van der Waals surface area (Å²) in [6.07, 6.45) is 7.79. The van der Waals surface area contributed by atoms with Crippen LogP contribution in [0, 0.1) is 6.92 Å². The molecular formula is C17H20N6. The summed E-state index contributed by atoms with van der Waals surface area (Å²) in [6, 6.07) is 6.02. The first-order valence-electron chi connectivity index (χ1n) is 7.97. The topological polar surface area (TPSA) is 49.6 Å². The summed E-state index contributed by atoms with van der Waals surface area (Å²) in [5, 5.41) is 0. The zero-order valence-corrected chi connectivity index (χ0v) is 13.3. The van der Waals surface area contributed by atoms with Crippen LogP contribution in [0.4, 0.5) is 5.95 Å². The molecule has 1 fully saturated rings. The predicted octanol–water partition coefficient (Wildman–Crippen LogP) is 1.75. The second-order valence-corrected chi connectivity index (χ2v) is 5.97. The van der Waals surface area contributed by atoms with Crippen LogP contribution in [0.5, 0.6) is 0 Å². The van der Waals surface area contributed by atoms with Gasteiger partial charge >= 0.3 is 0 Å². The molecule has 118 valence electrons. The number of hydrogen-bond acceptors (Lipinski definition) is 5. The molecule has 0 spiro atoms. The van der Waals surface area contributed by atoms with Gasteiger partial charge in [-0.3, -0.25) is 4.90 Å². The quantitative estimate of drug-likeness (QED) is 0.738. The van der Waals surface area contributed by atoms with E-state index in [0.717, 1.165) is 50.0 Å². The van der Waals surface area contributed by atoms with Gasteiger partial charge in [0, 0.05) is 57.5 Å². The van der Waals surface area contributed by atoms with Crippen molar-refractivity contribution in [3.05, 3.63) is 54.2 Å². The van der Waals surface area contributed by atoms with Crippen molar-refractivity contribution in [3.63, 3.8) is 0 Å². The second-order valence-electron chi connectivity index (χ2n) is 5.97. The molecule has 0 aromatic carbocycles. The molecule has 0 bridgehead atoms. The molecule has 3 aromatic rings. The number of fused-ring (bicyclic) bond motifs is 1. The number of nitrogens with zero attached hydrogens (tertiary/aromatic N) is 6. The van der Waals surface area contributed by atoms with E-state index in [1.165, 1.54) is 5.56 Å². The lowest BCUT2D eigenvalue weighted by Crippen LogP contribution is -2.46. The van der Waals surface area contributed by atoms with E-state index in [1.807, 2.05) is 6.07 Å². The molecule has 4 heterocycles. The zero-order chi connectivity index (χ0) is 15.6. The van der Waals surface area contributed by atoms with Crippen LogP contribution in [0.3, 0.4) is 0 Å². The normalized spacial score (nSPS) is 16.1. The SMILES string of the molecule is Cc1cccn2cc(CN3CCN(c4ncccn4)CC3)nc12. The maximum atomic E-state index is 4.77. The Bertz CT molecular complexity index is 789. The average Bonchev–Trinajstić information content (AvgIpc) is 3.00. The minimum Gasteiger partial charge on any atom is -0.338 e. The highest BCUT2D eigenvalue weighted by molar-refractivity contribution is 5.47. The molecule has 0 N–H and O–H groups in total. The number of hydrogen-bond donors (Lipinski definition) is 0. The van der Waals surface area contributed by atoms with Crippen molar-refractivity contribution in [2.24, 2.45) is 0 Å². The fraction of sp³-hybridized carbons (Fsp3) is 0.353. The van der Waals surface area contributed by atoms with Crippen molar-refractivity contribution in [3.8, 4) is 0 Å². The standard InChI is InChI=1S/C17H20N6/c1-14-4-2-7-23-13-15(20-16(14)23)12-21-8-10-22(11-9-21)17-18-5-3-6-19-17/h2-7,13H,8-12H2,1H3. The molecule has 1 saturated heterocycles. The summed E-state index contributed by atoms with van der Waals surface area (Å²) < 4.78 is 2.11. The van der Waals surface area contributed by atoms with Crippen molar-refractivity contribution in [1.29, 1.82) is 0 Å². The lowest BCUT2D eigenvalue weighted by atomic mass is 10.3. The van der Waals surface area contributed by atoms with Crippen LogP contribution in [-0.2, 0) is 6.54 Å². The Balaban J connectivity index is 1.41. The molecule has 0 aliphatic carbocycles. The minimum atomic E-state index is 0.829. The number of rotatable bonds is 3. The first-order chi connectivity index (χ1) is 11.3. The van der Waals surface area contributed by atoms with Crippen LogP contribution in [0.1, 0.15) is 11.3 Å². The first-order valence-corrected chi connectivity index (χ1v) is 7.97. The van der Waals surface area contributed by atoms with E-state index < -0.39 is 0 Å². The van der Waals surface area contributed by atoms with E-state index in [2.05, 4.69) is 55.6 Å². The van der Waals surface area contributed by atoms with Crippen LogP contribution in [0.15, 0.2) is 43.0 Å². The highest BCUT2D eigenvalue weighted by atomic mass is 15.3. The van der Waals surface area contributed by atoms with Gasteiger partial charge in [-0.1, -0.05) is 6.07 Å². The fourth-order valence-corrected chi connectivity index (χ4v) is 3.07. The summed E-state index contributed by atoms with van der Waals surface area (Å²) in [7, 11) is 0. The number of imidazole rings is 1. The molecule has 0 amide bonds. The maximum Gasteiger partial charge on any atom is 0.225 e. The van der Waals surface area contributed by atoms with E-state index >= 15 is 0 Å². The van der Waals surface area contributed by atoms with Gasteiger partial charge < -0.3 is 9.30 Å². The third kappa shape index (κ3) is 2.90. The van der Waals surface area contributed by atoms with Crippen LogP contribution < -0.4 is 4.90 Å². The summed E-state index contributed by atoms with van der Waals surface area (Å²) in [4.78, 5) is 18.1. The van der Waals surface area contributed by atoms with Crippen molar-refractivity contribution in [2.75, 3.05) is 31.1 Å². The monoisotopic (exact) mass is 308 g/mol. The van der Waals surface area contributed by atoms with Crippen LogP contribution in [0.25, 0.3) is 5.65 Å². The molecule has 1 aliphatic rings. The highest BCUT2D eigenvalue weighted by Gasteiger charge is 2.19. The summed E-state index contributed by atoms with van der Waals surface area (Å²) in [5.74, 6) is 0.829. The van der Waals surface area contributed by atoms with Crippen LogP contribution >= 0.6 is 0 Å². The molecule has 0 radical (unpaired) electrons. The van der Waals surface area contributed by atoms with Gasteiger partial charge in [0.25, 0.3) is 0 Å². The molecule has 6 nitrogen and oxygen atoms in total. The average molecular weight is 308 g/mol. The molecule has 4 rings (SSSR count). The van der Waals surface area contributed by atoms with Gasteiger partial charge in [0.15, 0.2) is 0 Å². The summed E-state index contributed by atoms with van der Waals surface area (Å²) in [6.45, 7) is 6.92. The van der Waals surface area contributed by atoms with Crippen molar-refractivity contribution >= 4 is 11.6 Å². The van der Waals surface area contributed by atoms with Crippen LogP contribution in [-0.4, -0.2) is 50.4 Å². The van der Waals surface area contributed by atoms with Crippen molar-refractivity contribution in [1.82, 2.24) is 24.3 Å². The van der Waals surface area contributed by atoms with E-state index in [4.69, 9.17) is 4.98 Å². The largest absolute Gasteiger partial charge is 0.338 e. The summed E-state index contributed by atoms with van der Waals surface area (Å²) >= 11 is 0. The lowest BCUT2D eigenvalue weighted by Gasteiger charge is -2.34. The summed E-state index contributed by atoms with van der Waals surface area (Å²) in [5.41, 5.74) is 3.40. The third-order valence-corrected chi connectivity index (χ3v) is 4.32. The first kappa shape index (κ1) is 14.1. The van der Waals surface area contributed by atoms with Gasteiger partial charge in [0.05, 0.1) is 5.69 Å². The van der Waals surface area contributed by atoms with Gasteiger partial charge in [0.2, 0.25) is 5.95 Å². The predicted molar refractivity (Wildman–Crippen MR) is 89.5 cm³/mol. The van der Waals surface area contributed by atoms with Gasteiger partial charge in [0.1, 0.15) is 5.65 Å². The number of pyridine rings is 1. The van der Waals surface area contributed by atoms with Crippen molar-refractivity contribution in [2.45, 2.75) is 13.5 Å². The van der Waals surface area contributed by atoms with Gasteiger partial charge in [-0.15, -0.1) is 0 Å². The molecule has 23 heavy (non-hydrogen) atoms. The highest BCUT2D eigenvalue weighted by Crippen LogP contribution is 2.14. The fourth-order valence-electron chi connectivity index (χ4n) is 3.07. The molecular weight excluding hydrogens is 288 g/mol. The maximum absolute atomic E-state index is 4.77. The van der Waals surface area contributed by atoms with Crippen molar-refractivity contribution < 1.29 is 0 Å². The number of piperazine rings is 1. The lowest BCUT2D eigenvalue weighted by molar-refractivity contribution is 0.246. The van der Waals surface area contributed by atoms with Crippen LogP contribution in [0.2, 0.25) is 0 Å². The molecule has 3 aromatic heterocycles. The van der Waals surface area contributed by atoms with Gasteiger partial charge in [-0.2, -0.15) is 0 Å². The molecule has 0 atom stereocenters. The Morgan fingerprint density at radius 2 is 1.83 bits per heavy atom.